The van der Waals surface area contributed by atoms with Gasteiger partial charge in [0.25, 0.3) is 0 Å². The van der Waals surface area contributed by atoms with Gasteiger partial charge in [-0.15, -0.1) is 0 Å². The normalized spacial score (nSPS) is 13.8. The molecule has 1 aromatic rings. The number of benzene rings is 1. The summed E-state index contributed by atoms with van der Waals surface area (Å²) in [7, 11) is 0. The van der Waals surface area contributed by atoms with Gasteiger partial charge in [-0.25, -0.2) is 0 Å². The Morgan fingerprint density at radius 3 is 3.19 bits per heavy atom. The topological polar surface area (TPSA) is 40.4 Å². The maximum Gasteiger partial charge on any atom is 0.311 e. The van der Waals surface area contributed by atoms with E-state index < -0.39 is 0 Å². The van der Waals surface area contributed by atoms with Gasteiger partial charge in [-0.2, -0.15) is 0 Å². The second-order valence-electron chi connectivity index (χ2n) is 4.00. The minimum atomic E-state index is -0.168. The first-order valence-corrected chi connectivity index (χ1v) is 5.80. The number of aryl methyl sites for hydroxylation is 1. The van der Waals surface area contributed by atoms with Crippen molar-refractivity contribution in [1.29, 1.82) is 0 Å². The molecule has 0 aromatic heterocycles. The fourth-order valence-electron chi connectivity index (χ4n) is 1.82. The van der Waals surface area contributed by atoms with Gasteiger partial charge in [-0.3, -0.25) is 10.1 Å². The molecule has 0 spiro atoms. The number of ether oxygens (including phenoxy) is 1. The highest BCUT2D eigenvalue weighted by molar-refractivity contribution is 5.72. The summed E-state index contributed by atoms with van der Waals surface area (Å²) >= 11 is 0. The lowest BCUT2D eigenvalue weighted by atomic mass is 10.0. The molecule has 85 valence electrons. The summed E-state index contributed by atoms with van der Waals surface area (Å²) in [4.78, 5) is 11.3. The van der Waals surface area contributed by atoms with Crippen molar-refractivity contribution in [2.45, 2.75) is 32.6 Å². The molecule has 3 heteroatoms. The van der Waals surface area contributed by atoms with Crippen LogP contribution in [0.4, 0.5) is 5.69 Å². The first-order chi connectivity index (χ1) is 7.79. The van der Waals surface area contributed by atoms with Crippen LogP contribution >= 0.6 is 0 Å². The summed E-state index contributed by atoms with van der Waals surface area (Å²) in [5.74, 6) is 0.445. The summed E-state index contributed by atoms with van der Waals surface area (Å²) in [6.07, 6.45) is 3.46. The molecule has 0 saturated carbocycles. The minimum absolute atomic E-state index is 0.168. The van der Waals surface area contributed by atoms with Gasteiger partial charge in [-0.05, 0) is 30.9 Å². The fourth-order valence-corrected chi connectivity index (χ4v) is 1.82. The lowest BCUT2D eigenvalue weighted by molar-refractivity contribution is -0.134. The number of rotatable bonds is 3. The van der Waals surface area contributed by atoms with E-state index in [9.17, 15) is 4.79 Å². The predicted molar refractivity (Wildman–Crippen MR) is 62.0 cm³/mol. The van der Waals surface area contributed by atoms with Crippen molar-refractivity contribution in [3.8, 4) is 5.75 Å². The third-order valence-corrected chi connectivity index (χ3v) is 2.63. The van der Waals surface area contributed by atoms with Crippen LogP contribution in [0.25, 0.3) is 0 Å². The summed E-state index contributed by atoms with van der Waals surface area (Å²) in [6, 6.07) is 5.72. The monoisotopic (exact) mass is 218 g/mol. The molecule has 0 fully saturated rings. The minimum Gasteiger partial charge on any atom is -0.426 e. The van der Waals surface area contributed by atoms with Crippen molar-refractivity contribution in [3.05, 3.63) is 23.8 Å². The van der Waals surface area contributed by atoms with Gasteiger partial charge in [0.05, 0.1) is 5.69 Å². The number of carbonyl (C=O) groups is 1. The van der Waals surface area contributed by atoms with E-state index in [-0.39, 0.29) is 5.97 Å². The van der Waals surface area contributed by atoms with Gasteiger partial charge in [0.2, 0.25) is 0 Å². The quantitative estimate of drug-likeness (QED) is 0.578. The Labute approximate surface area is 95.8 Å². The molecule has 2 rings (SSSR count). The fraction of sp³-hybridized carbons (Fsp3) is 0.462. The largest absolute Gasteiger partial charge is 0.426 e. The van der Waals surface area contributed by atoms with Crippen LogP contribution in [-0.2, 0) is 11.2 Å². The molecule has 1 radical (unpaired) electrons. The van der Waals surface area contributed by atoms with E-state index >= 15 is 0 Å². The Bertz CT molecular complexity index is 388. The van der Waals surface area contributed by atoms with Crippen molar-refractivity contribution in [3.63, 3.8) is 0 Å². The molecule has 16 heavy (non-hydrogen) atoms. The van der Waals surface area contributed by atoms with E-state index in [0.29, 0.717) is 12.2 Å². The van der Waals surface area contributed by atoms with Crippen molar-refractivity contribution >= 4 is 11.7 Å². The van der Waals surface area contributed by atoms with Gasteiger partial charge in [-0.1, -0.05) is 13.0 Å². The van der Waals surface area contributed by atoms with E-state index in [0.717, 1.165) is 31.5 Å². The zero-order valence-corrected chi connectivity index (χ0v) is 9.53. The van der Waals surface area contributed by atoms with Crippen LogP contribution in [0.15, 0.2) is 18.2 Å². The van der Waals surface area contributed by atoms with E-state index in [1.165, 1.54) is 5.56 Å². The van der Waals surface area contributed by atoms with Crippen LogP contribution in [0.5, 0.6) is 5.75 Å². The van der Waals surface area contributed by atoms with Crippen LogP contribution in [0, 0.1) is 0 Å². The van der Waals surface area contributed by atoms with Crippen molar-refractivity contribution < 1.29 is 9.53 Å². The van der Waals surface area contributed by atoms with E-state index in [2.05, 4.69) is 5.32 Å². The number of hydrogen-bond donors (Lipinski definition) is 0. The van der Waals surface area contributed by atoms with Gasteiger partial charge in [0.1, 0.15) is 5.75 Å². The summed E-state index contributed by atoms with van der Waals surface area (Å²) in [5, 5.41) is 4.42. The third kappa shape index (κ3) is 2.54. The predicted octanol–water partition coefficient (Wildman–Crippen LogP) is 2.57. The van der Waals surface area contributed by atoms with E-state index in [4.69, 9.17) is 4.74 Å². The standard InChI is InChI=1S/C13H16NO2/c1-2-4-13(15)16-11-7-6-10-5-3-8-14-12(10)9-11/h6-7,9H,2-5,8H2,1H3. The van der Waals surface area contributed by atoms with Gasteiger partial charge in [0, 0.05) is 19.0 Å². The van der Waals surface area contributed by atoms with Gasteiger partial charge < -0.3 is 4.74 Å². The van der Waals surface area contributed by atoms with Gasteiger partial charge in [0.15, 0.2) is 0 Å². The maximum atomic E-state index is 11.3. The van der Waals surface area contributed by atoms with Crippen LogP contribution in [0.2, 0.25) is 0 Å². The van der Waals surface area contributed by atoms with Crippen LogP contribution in [0.1, 0.15) is 31.7 Å². The molecular weight excluding hydrogens is 202 g/mol. The molecule has 1 heterocycles. The van der Waals surface area contributed by atoms with Crippen molar-refractivity contribution in [2.75, 3.05) is 6.54 Å². The Balaban J connectivity index is 2.08. The number of fused-ring (bicyclic) bond motifs is 1. The SMILES string of the molecule is CCCC(=O)Oc1ccc2c(c1)[N]CCC2. The number of esters is 1. The summed E-state index contributed by atoms with van der Waals surface area (Å²) in [5.41, 5.74) is 2.23. The first-order valence-electron chi connectivity index (χ1n) is 5.80. The molecule has 0 aliphatic carbocycles. The second-order valence-corrected chi connectivity index (χ2v) is 4.00. The smallest absolute Gasteiger partial charge is 0.311 e. The molecule has 0 unspecified atom stereocenters. The van der Waals surface area contributed by atoms with Crippen LogP contribution in [0.3, 0.4) is 0 Å². The zero-order chi connectivity index (χ0) is 11.4. The lowest BCUT2D eigenvalue weighted by Crippen LogP contribution is -2.12. The first kappa shape index (κ1) is 11.0. The number of hydrogen-bond acceptors (Lipinski definition) is 2. The van der Waals surface area contributed by atoms with E-state index in [1.54, 1.807) is 0 Å². The highest BCUT2D eigenvalue weighted by atomic mass is 16.5. The average molecular weight is 218 g/mol. The Morgan fingerprint density at radius 2 is 2.38 bits per heavy atom. The average Bonchev–Trinajstić information content (AvgIpc) is 2.29. The molecule has 1 aliphatic rings. The molecule has 0 amide bonds. The van der Waals surface area contributed by atoms with Gasteiger partial charge >= 0.3 is 5.97 Å². The van der Waals surface area contributed by atoms with E-state index in [1.807, 2.05) is 25.1 Å². The Kier molecular flexibility index (Phi) is 3.44. The molecule has 0 saturated heterocycles. The van der Waals surface area contributed by atoms with Crippen LogP contribution < -0.4 is 10.1 Å². The highest BCUT2D eigenvalue weighted by Gasteiger charge is 2.11. The Morgan fingerprint density at radius 1 is 1.50 bits per heavy atom. The molecule has 3 nitrogen and oxygen atoms in total. The molecule has 1 aliphatic heterocycles. The third-order valence-electron chi connectivity index (χ3n) is 2.63. The molecule has 0 atom stereocenters. The molecule has 1 aromatic carbocycles. The van der Waals surface area contributed by atoms with Crippen LogP contribution in [-0.4, -0.2) is 12.5 Å². The Hall–Kier alpha value is -1.51. The molecule has 0 N–H and O–H groups in total. The zero-order valence-electron chi connectivity index (χ0n) is 9.53. The number of nitrogens with zero attached hydrogens (tertiary/aromatic N) is 1. The highest BCUT2D eigenvalue weighted by Crippen LogP contribution is 2.26. The summed E-state index contributed by atoms with van der Waals surface area (Å²) < 4.78 is 5.22. The van der Waals surface area contributed by atoms with Crippen molar-refractivity contribution in [1.82, 2.24) is 5.32 Å². The molecular formula is C13H16NO2. The summed E-state index contributed by atoms with van der Waals surface area (Å²) in [6.45, 7) is 2.84. The maximum absolute atomic E-state index is 11.3. The lowest BCUT2D eigenvalue weighted by Gasteiger charge is -2.16. The number of carbonyl (C=O) groups excluding carboxylic acids is 1. The second kappa shape index (κ2) is 5.01. The van der Waals surface area contributed by atoms with Crippen molar-refractivity contribution in [2.24, 2.45) is 0 Å². The molecule has 0 bridgehead atoms.